The largest absolute Gasteiger partial charge is 0.0622 e. The SMILES string of the molecule is c1ccc(-c2ccc3cc4c(-c5ccccc5)c5cc6c(ccc7ccccc76)cc5c(-c5ccccc5)c4cc3c2)cc1. The molecule has 0 nitrogen and oxygen atoms in total. The highest BCUT2D eigenvalue weighted by atomic mass is 14.2. The molecule has 0 aliphatic carbocycles. The summed E-state index contributed by atoms with van der Waals surface area (Å²) in [5, 5.41) is 12.7. The van der Waals surface area contributed by atoms with Gasteiger partial charge in [-0.3, -0.25) is 0 Å². The average molecular weight is 557 g/mol. The van der Waals surface area contributed by atoms with Crippen molar-refractivity contribution in [2.45, 2.75) is 0 Å². The Bertz CT molecular complexity index is 2510. The van der Waals surface area contributed by atoms with E-state index in [-0.39, 0.29) is 0 Å². The zero-order valence-corrected chi connectivity index (χ0v) is 24.2. The van der Waals surface area contributed by atoms with E-state index in [0.717, 1.165) is 0 Å². The molecule has 0 fully saturated rings. The van der Waals surface area contributed by atoms with Crippen molar-refractivity contribution in [2.24, 2.45) is 0 Å². The summed E-state index contributed by atoms with van der Waals surface area (Å²) in [4.78, 5) is 0. The second-order valence-corrected chi connectivity index (χ2v) is 11.7. The van der Waals surface area contributed by atoms with Crippen LogP contribution >= 0.6 is 0 Å². The Morgan fingerprint density at radius 1 is 0.205 bits per heavy atom. The highest BCUT2D eigenvalue weighted by Crippen LogP contribution is 2.47. The van der Waals surface area contributed by atoms with E-state index < -0.39 is 0 Å². The van der Waals surface area contributed by atoms with Gasteiger partial charge in [-0.05, 0) is 118 Å². The lowest BCUT2D eigenvalue weighted by Gasteiger charge is -2.20. The van der Waals surface area contributed by atoms with Gasteiger partial charge in [-0.25, -0.2) is 0 Å². The summed E-state index contributed by atoms with van der Waals surface area (Å²) in [6.45, 7) is 0. The van der Waals surface area contributed by atoms with Gasteiger partial charge < -0.3 is 0 Å². The van der Waals surface area contributed by atoms with Gasteiger partial charge in [0, 0.05) is 0 Å². The molecule has 0 unspecified atom stereocenters. The Kier molecular flexibility index (Phi) is 5.61. The fourth-order valence-corrected chi connectivity index (χ4v) is 7.11. The summed E-state index contributed by atoms with van der Waals surface area (Å²) in [6.07, 6.45) is 0. The van der Waals surface area contributed by atoms with Crippen LogP contribution in [0, 0.1) is 0 Å². The molecule has 0 atom stereocenters. The molecule has 0 heteroatoms. The number of rotatable bonds is 3. The number of hydrogen-bond donors (Lipinski definition) is 0. The van der Waals surface area contributed by atoms with Crippen LogP contribution in [0.5, 0.6) is 0 Å². The van der Waals surface area contributed by atoms with Gasteiger partial charge in [0.2, 0.25) is 0 Å². The van der Waals surface area contributed by atoms with Crippen LogP contribution in [0.1, 0.15) is 0 Å². The molecule has 0 bridgehead atoms. The fraction of sp³-hybridized carbons (Fsp3) is 0. The maximum Gasteiger partial charge on any atom is -0.00259 e. The molecule has 0 saturated heterocycles. The topological polar surface area (TPSA) is 0 Å². The Morgan fingerprint density at radius 3 is 1.34 bits per heavy atom. The molecule has 44 heavy (non-hydrogen) atoms. The first kappa shape index (κ1) is 24.8. The predicted octanol–water partition coefficient (Wildman–Crippen LogP) is 12.5. The van der Waals surface area contributed by atoms with E-state index in [9.17, 15) is 0 Å². The Labute approximate surface area is 256 Å². The van der Waals surface area contributed by atoms with Crippen molar-refractivity contribution in [3.05, 3.63) is 170 Å². The third kappa shape index (κ3) is 3.92. The zero-order chi connectivity index (χ0) is 29.0. The van der Waals surface area contributed by atoms with E-state index >= 15 is 0 Å². The van der Waals surface area contributed by atoms with Crippen molar-refractivity contribution < 1.29 is 0 Å². The first-order chi connectivity index (χ1) is 21.8. The highest BCUT2D eigenvalue weighted by molar-refractivity contribution is 6.26. The Hall–Kier alpha value is -5.72. The van der Waals surface area contributed by atoms with Gasteiger partial charge in [0.25, 0.3) is 0 Å². The van der Waals surface area contributed by atoms with Crippen molar-refractivity contribution in [3.63, 3.8) is 0 Å². The minimum Gasteiger partial charge on any atom is -0.0622 e. The average Bonchev–Trinajstić information content (AvgIpc) is 3.10. The lowest BCUT2D eigenvalue weighted by atomic mass is 9.83. The van der Waals surface area contributed by atoms with Crippen LogP contribution in [0.15, 0.2) is 170 Å². The fourth-order valence-electron chi connectivity index (χ4n) is 7.11. The molecule has 0 heterocycles. The summed E-state index contributed by atoms with van der Waals surface area (Å²) < 4.78 is 0. The van der Waals surface area contributed by atoms with Crippen molar-refractivity contribution in [3.8, 4) is 33.4 Å². The molecule has 204 valence electrons. The monoisotopic (exact) mass is 556 g/mol. The van der Waals surface area contributed by atoms with E-state index in [1.807, 2.05) is 0 Å². The van der Waals surface area contributed by atoms with Gasteiger partial charge in [-0.1, -0.05) is 140 Å². The van der Waals surface area contributed by atoms with Crippen molar-refractivity contribution in [1.82, 2.24) is 0 Å². The standard InChI is InChI=1S/C44H28/c1-4-12-29(13-5-1)33-21-22-34-25-39-41(27-36(34)24-33)43(31-15-6-2-7-16-31)40-26-35-23-20-30-14-10-11-19-37(30)38(35)28-42(40)44(39)32-17-8-3-9-18-32/h1-28H. The molecule has 0 amide bonds. The molecule has 0 aromatic heterocycles. The van der Waals surface area contributed by atoms with Gasteiger partial charge in [0.15, 0.2) is 0 Å². The van der Waals surface area contributed by atoms with Crippen LogP contribution in [0.4, 0.5) is 0 Å². The first-order valence-electron chi connectivity index (χ1n) is 15.3. The molecule has 0 spiro atoms. The maximum absolute atomic E-state index is 2.45. The molecular weight excluding hydrogens is 528 g/mol. The zero-order valence-electron chi connectivity index (χ0n) is 24.2. The van der Waals surface area contributed by atoms with Crippen LogP contribution in [-0.4, -0.2) is 0 Å². The van der Waals surface area contributed by atoms with Crippen molar-refractivity contribution in [1.29, 1.82) is 0 Å². The van der Waals surface area contributed by atoms with Gasteiger partial charge in [-0.15, -0.1) is 0 Å². The lowest BCUT2D eigenvalue weighted by molar-refractivity contribution is 1.64. The normalized spacial score (nSPS) is 11.6. The second kappa shape index (κ2) is 9.93. The number of fused-ring (bicyclic) bond motifs is 6. The van der Waals surface area contributed by atoms with Gasteiger partial charge in [-0.2, -0.15) is 0 Å². The summed E-state index contributed by atoms with van der Waals surface area (Å²) >= 11 is 0. The minimum atomic E-state index is 1.24. The number of hydrogen-bond acceptors (Lipinski definition) is 0. The van der Waals surface area contributed by atoms with Crippen LogP contribution in [0.3, 0.4) is 0 Å². The Balaban J connectivity index is 1.49. The molecule has 9 aromatic carbocycles. The molecule has 0 saturated carbocycles. The highest BCUT2D eigenvalue weighted by Gasteiger charge is 2.19. The molecule has 9 rings (SSSR count). The predicted molar refractivity (Wildman–Crippen MR) is 190 cm³/mol. The summed E-state index contributed by atoms with van der Waals surface area (Å²) in [5.74, 6) is 0. The Morgan fingerprint density at radius 2 is 0.682 bits per heavy atom. The quantitative estimate of drug-likeness (QED) is 0.150. The molecule has 0 aliphatic rings. The van der Waals surface area contributed by atoms with E-state index in [0.29, 0.717) is 0 Å². The molecule has 0 radical (unpaired) electrons. The van der Waals surface area contributed by atoms with E-state index in [4.69, 9.17) is 0 Å². The summed E-state index contributed by atoms with van der Waals surface area (Å²) in [7, 11) is 0. The van der Waals surface area contributed by atoms with Gasteiger partial charge in [0.05, 0.1) is 0 Å². The van der Waals surface area contributed by atoms with Crippen molar-refractivity contribution in [2.75, 3.05) is 0 Å². The summed E-state index contributed by atoms with van der Waals surface area (Å²) in [5.41, 5.74) is 7.53. The van der Waals surface area contributed by atoms with Gasteiger partial charge >= 0.3 is 0 Å². The van der Waals surface area contributed by atoms with Gasteiger partial charge in [0.1, 0.15) is 0 Å². The molecular formula is C44H28. The second-order valence-electron chi connectivity index (χ2n) is 11.7. The van der Waals surface area contributed by atoms with Crippen LogP contribution < -0.4 is 0 Å². The smallest absolute Gasteiger partial charge is 0.00259 e. The minimum absolute atomic E-state index is 1.24. The van der Waals surface area contributed by atoms with Crippen molar-refractivity contribution >= 4 is 53.9 Å². The van der Waals surface area contributed by atoms with E-state index in [2.05, 4.69) is 170 Å². The molecule has 0 aliphatic heterocycles. The third-order valence-electron chi connectivity index (χ3n) is 9.17. The molecule has 9 aromatic rings. The van der Waals surface area contributed by atoms with Crippen LogP contribution in [-0.2, 0) is 0 Å². The first-order valence-corrected chi connectivity index (χ1v) is 15.3. The van der Waals surface area contributed by atoms with E-state index in [1.165, 1.54) is 87.2 Å². The summed E-state index contributed by atoms with van der Waals surface area (Å²) in [6, 6.07) is 62.4. The third-order valence-corrected chi connectivity index (χ3v) is 9.17. The maximum atomic E-state index is 2.45. The van der Waals surface area contributed by atoms with Crippen LogP contribution in [0.2, 0.25) is 0 Å². The number of benzene rings is 9. The molecule has 0 N–H and O–H groups in total. The van der Waals surface area contributed by atoms with E-state index in [1.54, 1.807) is 0 Å². The lowest BCUT2D eigenvalue weighted by Crippen LogP contribution is -1.92. The van der Waals surface area contributed by atoms with Crippen LogP contribution in [0.25, 0.3) is 87.2 Å².